The van der Waals surface area contributed by atoms with Crippen molar-refractivity contribution in [2.24, 2.45) is 0 Å². The molecule has 7 nitrogen and oxygen atoms in total. The summed E-state index contributed by atoms with van der Waals surface area (Å²) in [6.07, 6.45) is 4.86. The molecule has 0 aliphatic rings. The largest absolute Gasteiger partial charge is 0.354 e. The van der Waals surface area contributed by atoms with Crippen molar-refractivity contribution in [1.29, 1.82) is 0 Å². The van der Waals surface area contributed by atoms with E-state index in [1.807, 2.05) is 89.8 Å². The first-order chi connectivity index (χ1) is 18.9. The normalized spacial score (nSPS) is 10.7. The van der Waals surface area contributed by atoms with Crippen molar-refractivity contribution in [2.75, 3.05) is 23.3 Å². The SMILES string of the molecule is CCC[n+]1cc(Br)cc(C(=O)N(CCNC(=O)CCC(=O)Nc2cccc3ccccc23)c2ccccc2)c1. The summed E-state index contributed by atoms with van der Waals surface area (Å²) in [5.41, 5.74) is 2.02. The molecular weight excluding hydrogens is 556 g/mol. The monoisotopic (exact) mass is 587 g/mol. The standard InChI is InChI=1S/C31H31BrN4O3/c1-2-18-35-21-24(20-25(32)22-35)31(39)36(26-11-4-3-5-12-26)19-17-33-29(37)15-16-30(38)34-28-14-8-10-23-9-6-7-13-27(23)28/h3-14,20-22H,2,15-19H2,1H3,(H-,33,34,37,38)/p+1. The molecule has 0 fully saturated rings. The first-order valence-electron chi connectivity index (χ1n) is 13.1. The molecule has 8 heteroatoms. The number of para-hydroxylation sites is 1. The van der Waals surface area contributed by atoms with Crippen molar-refractivity contribution in [3.63, 3.8) is 0 Å². The van der Waals surface area contributed by atoms with Crippen molar-refractivity contribution in [3.8, 4) is 0 Å². The lowest BCUT2D eigenvalue weighted by molar-refractivity contribution is -0.697. The van der Waals surface area contributed by atoms with Gasteiger partial charge in [-0.1, -0.05) is 61.5 Å². The molecule has 0 saturated heterocycles. The molecule has 3 aromatic carbocycles. The fraction of sp³-hybridized carbons (Fsp3) is 0.226. The van der Waals surface area contributed by atoms with Crippen LogP contribution in [0.4, 0.5) is 11.4 Å². The van der Waals surface area contributed by atoms with Gasteiger partial charge in [-0.2, -0.15) is 0 Å². The summed E-state index contributed by atoms with van der Waals surface area (Å²) in [5, 5.41) is 7.75. The van der Waals surface area contributed by atoms with E-state index in [1.54, 1.807) is 11.0 Å². The minimum Gasteiger partial charge on any atom is -0.354 e. The number of aryl methyl sites for hydroxylation is 1. The van der Waals surface area contributed by atoms with Crippen LogP contribution in [-0.4, -0.2) is 30.8 Å². The number of benzene rings is 3. The van der Waals surface area contributed by atoms with Crippen LogP contribution in [0, 0.1) is 0 Å². The molecule has 1 aromatic heterocycles. The van der Waals surface area contributed by atoms with Gasteiger partial charge in [0.05, 0.1) is 4.47 Å². The number of carbonyl (C=O) groups excluding carboxylic acids is 3. The van der Waals surface area contributed by atoms with E-state index in [-0.39, 0.29) is 43.7 Å². The Morgan fingerprint density at radius 2 is 1.59 bits per heavy atom. The van der Waals surface area contributed by atoms with E-state index >= 15 is 0 Å². The number of aromatic nitrogens is 1. The molecule has 0 saturated carbocycles. The third-order valence-electron chi connectivity index (χ3n) is 6.23. The predicted molar refractivity (Wildman–Crippen MR) is 158 cm³/mol. The molecule has 1 heterocycles. The maximum absolute atomic E-state index is 13.5. The Morgan fingerprint density at radius 1 is 0.872 bits per heavy atom. The molecule has 0 aliphatic heterocycles. The molecule has 0 spiro atoms. The lowest BCUT2D eigenvalue weighted by Gasteiger charge is -2.23. The van der Waals surface area contributed by atoms with Gasteiger partial charge in [0.15, 0.2) is 12.4 Å². The second-order valence-electron chi connectivity index (χ2n) is 9.20. The minimum absolute atomic E-state index is 0.0541. The van der Waals surface area contributed by atoms with Crippen LogP contribution in [0.5, 0.6) is 0 Å². The molecule has 2 N–H and O–H groups in total. The van der Waals surface area contributed by atoms with Crippen molar-refractivity contribution >= 4 is 55.8 Å². The molecule has 0 bridgehead atoms. The van der Waals surface area contributed by atoms with Gasteiger partial charge in [0.2, 0.25) is 11.8 Å². The topological polar surface area (TPSA) is 82.4 Å². The predicted octanol–water partition coefficient (Wildman–Crippen LogP) is 5.48. The molecule has 39 heavy (non-hydrogen) atoms. The Kier molecular flexibility index (Phi) is 9.80. The van der Waals surface area contributed by atoms with Crippen LogP contribution in [-0.2, 0) is 16.1 Å². The maximum Gasteiger partial charge on any atom is 0.264 e. The zero-order valence-corrected chi connectivity index (χ0v) is 23.5. The summed E-state index contributed by atoms with van der Waals surface area (Å²) < 4.78 is 2.82. The van der Waals surface area contributed by atoms with Gasteiger partial charge >= 0.3 is 0 Å². The Morgan fingerprint density at radius 3 is 2.38 bits per heavy atom. The number of nitrogens with one attached hydrogen (secondary N) is 2. The van der Waals surface area contributed by atoms with Gasteiger partial charge in [0.25, 0.3) is 5.91 Å². The molecule has 4 aromatic rings. The Labute approximate surface area is 237 Å². The fourth-order valence-corrected chi connectivity index (χ4v) is 4.89. The zero-order chi connectivity index (χ0) is 27.6. The summed E-state index contributed by atoms with van der Waals surface area (Å²) in [7, 11) is 0. The fourth-order valence-electron chi connectivity index (χ4n) is 4.38. The number of pyridine rings is 1. The molecule has 0 atom stereocenters. The molecule has 4 rings (SSSR count). The Bertz CT molecular complexity index is 1450. The number of fused-ring (bicyclic) bond motifs is 1. The Hall–Kier alpha value is -4.04. The minimum atomic E-state index is -0.244. The van der Waals surface area contributed by atoms with Crippen LogP contribution in [0.3, 0.4) is 0 Å². The van der Waals surface area contributed by atoms with E-state index in [0.717, 1.165) is 39.6 Å². The molecule has 200 valence electrons. The lowest BCUT2D eigenvalue weighted by Crippen LogP contribution is -2.40. The van der Waals surface area contributed by atoms with Gasteiger partial charge in [-0.25, -0.2) is 4.57 Å². The molecule has 0 aliphatic carbocycles. The van der Waals surface area contributed by atoms with Gasteiger partial charge in [-0.3, -0.25) is 14.4 Å². The third-order valence-corrected chi connectivity index (χ3v) is 6.66. The second-order valence-corrected chi connectivity index (χ2v) is 10.1. The Balaban J connectivity index is 1.34. The third kappa shape index (κ3) is 7.74. The number of hydrogen-bond acceptors (Lipinski definition) is 3. The summed E-state index contributed by atoms with van der Waals surface area (Å²) >= 11 is 3.51. The van der Waals surface area contributed by atoms with E-state index < -0.39 is 0 Å². The van der Waals surface area contributed by atoms with Gasteiger partial charge in [0, 0.05) is 49.1 Å². The lowest BCUT2D eigenvalue weighted by atomic mass is 10.1. The van der Waals surface area contributed by atoms with E-state index in [1.165, 1.54) is 0 Å². The maximum atomic E-state index is 13.5. The van der Waals surface area contributed by atoms with Crippen LogP contribution in [0.1, 0.15) is 36.5 Å². The first-order valence-corrected chi connectivity index (χ1v) is 13.8. The number of amides is 3. The number of carbonyl (C=O) groups is 3. The summed E-state index contributed by atoms with van der Waals surface area (Å²) in [6, 6.07) is 24.7. The number of hydrogen-bond donors (Lipinski definition) is 2. The summed E-state index contributed by atoms with van der Waals surface area (Å²) in [6.45, 7) is 3.43. The molecule has 0 unspecified atom stereocenters. The van der Waals surface area contributed by atoms with Crippen LogP contribution in [0.25, 0.3) is 10.8 Å². The highest BCUT2D eigenvalue weighted by atomic mass is 79.9. The summed E-state index contributed by atoms with van der Waals surface area (Å²) in [4.78, 5) is 40.2. The second kappa shape index (κ2) is 13.7. The summed E-state index contributed by atoms with van der Waals surface area (Å²) in [5.74, 6) is -0.625. The smallest absolute Gasteiger partial charge is 0.264 e. The van der Waals surface area contributed by atoms with Crippen molar-refractivity contribution in [2.45, 2.75) is 32.7 Å². The first kappa shape index (κ1) is 28.0. The average Bonchev–Trinajstić information content (AvgIpc) is 2.94. The highest BCUT2D eigenvalue weighted by molar-refractivity contribution is 9.10. The van der Waals surface area contributed by atoms with Crippen LogP contribution >= 0.6 is 15.9 Å². The highest BCUT2D eigenvalue weighted by Gasteiger charge is 2.21. The van der Waals surface area contributed by atoms with Crippen LogP contribution < -0.4 is 20.1 Å². The van der Waals surface area contributed by atoms with Crippen molar-refractivity contribution < 1.29 is 19.0 Å². The van der Waals surface area contributed by atoms with Gasteiger partial charge < -0.3 is 15.5 Å². The molecule has 3 amide bonds. The number of rotatable bonds is 11. The number of halogens is 1. The van der Waals surface area contributed by atoms with Gasteiger partial charge in [0.1, 0.15) is 12.1 Å². The van der Waals surface area contributed by atoms with Crippen molar-refractivity contribution in [1.82, 2.24) is 5.32 Å². The van der Waals surface area contributed by atoms with Gasteiger partial charge in [-0.15, -0.1) is 0 Å². The number of nitrogens with zero attached hydrogens (tertiary/aromatic N) is 2. The van der Waals surface area contributed by atoms with Gasteiger partial charge in [-0.05, 0) is 45.6 Å². The molecular formula is C31H32BrN4O3+. The van der Waals surface area contributed by atoms with E-state index in [4.69, 9.17) is 0 Å². The van der Waals surface area contributed by atoms with Crippen molar-refractivity contribution in [3.05, 3.63) is 101 Å². The van der Waals surface area contributed by atoms with E-state index in [9.17, 15) is 14.4 Å². The van der Waals surface area contributed by atoms with E-state index in [0.29, 0.717) is 5.56 Å². The zero-order valence-electron chi connectivity index (χ0n) is 21.9. The van der Waals surface area contributed by atoms with Crippen LogP contribution in [0.15, 0.2) is 95.7 Å². The van der Waals surface area contributed by atoms with E-state index in [2.05, 4.69) is 33.5 Å². The average molecular weight is 589 g/mol. The molecule has 0 radical (unpaired) electrons. The van der Waals surface area contributed by atoms with Crippen LogP contribution in [0.2, 0.25) is 0 Å². The number of anilines is 2. The highest BCUT2D eigenvalue weighted by Crippen LogP contribution is 2.23. The quantitative estimate of drug-likeness (QED) is 0.228.